The Bertz CT molecular complexity index is 1280. The molecule has 1 saturated heterocycles. The fraction of sp³-hybridized carbons (Fsp3) is 0.385. The van der Waals surface area contributed by atoms with Crippen LogP contribution in [-0.2, 0) is 11.2 Å². The van der Waals surface area contributed by atoms with Crippen molar-refractivity contribution in [2.24, 2.45) is 0 Å². The van der Waals surface area contributed by atoms with E-state index in [1.807, 2.05) is 36.9 Å². The first-order chi connectivity index (χ1) is 17.0. The van der Waals surface area contributed by atoms with Crippen LogP contribution in [0.4, 0.5) is 0 Å². The Hall–Kier alpha value is -3.35. The van der Waals surface area contributed by atoms with E-state index in [1.54, 1.807) is 12.1 Å². The fourth-order valence-corrected chi connectivity index (χ4v) is 5.24. The Labute approximate surface area is 208 Å². The molecule has 2 heterocycles. The van der Waals surface area contributed by atoms with Crippen LogP contribution in [0.2, 0.25) is 0 Å². The van der Waals surface area contributed by atoms with E-state index < -0.39 is 0 Å². The van der Waals surface area contributed by atoms with Crippen molar-refractivity contribution >= 4 is 17.9 Å². The first-order valence-electron chi connectivity index (χ1n) is 11.9. The van der Waals surface area contributed by atoms with Crippen molar-refractivity contribution in [2.45, 2.75) is 45.3 Å². The fourth-order valence-electron chi connectivity index (χ4n) is 4.40. The molecule has 0 spiro atoms. The number of carbonyl (C=O) groups is 1. The molecule has 180 valence electrons. The van der Waals surface area contributed by atoms with Gasteiger partial charge in [0.2, 0.25) is 11.7 Å². The smallest absolute Gasteiger partial charge is 0.258 e. The van der Waals surface area contributed by atoms with Gasteiger partial charge < -0.3 is 14.2 Å². The lowest BCUT2D eigenvalue weighted by Crippen LogP contribution is -2.43. The highest BCUT2D eigenvalue weighted by Crippen LogP contribution is 2.38. The highest BCUT2D eigenvalue weighted by atomic mass is 32.2. The standard InChI is InChI=1S/C26H27N5O3S/c1-16(2)33-23-10-7-17(13-18(23)14-27)26-28-25(29-34-26)21-6-3-5-20-19(21)8-9-22(20)30-35-15-24(32)31-11-4-12-31/h3,5-7,10,13,16,22,30H,4,8-9,11-12,15H2,1-2H3. The predicted molar refractivity (Wildman–Crippen MR) is 134 cm³/mol. The molecule has 0 saturated carbocycles. The minimum absolute atomic E-state index is 0.0270. The molecule has 1 fully saturated rings. The van der Waals surface area contributed by atoms with Crippen molar-refractivity contribution in [1.29, 1.82) is 5.26 Å². The van der Waals surface area contributed by atoms with Gasteiger partial charge in [0.25, 0.3) is 5.89 Å². The SMILES string of the molecule is CC(C)Oc1ccc(-c2nc(-c3cccc4c3CCC4NSCC(=O)N3CCC3)no2)cc1C#N. The van der Waals surface area contributed by atoms with Crippen molar-refractivity contribution in [3.8, 4) is 34.7 Å². The van der Waals surface area contributed by atoms with Gasteiger partial charge in [0.15, 0.2) is 0 Å². The van der Waals surface area contributed by atoms with E-state index in [1.165, 1.54) is 23.1 Å². The van der Waals surface area contributed by atoms with Gasteiger partial charge >= 0.3 is 0 Å². The number of rotatable bonds is 8. The number of fused-ring (bicyclic) bond motifs is 1. The topological polar surface area (TPSA) is 104 Å². The van der Waals surface area contributed by atoms with Gasteiger partial charge in [-0.15, -0.1) is 0 Å². The van der Waals surface area contributed by atoms with Crippen molar-refractivity contribution < 1.29 is 14.1 Å². The monoisotopic (exact) mass is 489 g/mol. The minimum atomic E-state index is -0.0270. The first kappa shape index (κ1) is 23.4. The van der Waals surface area contributed by atoms with Gasteiger partial charge in [-0.3, -0.25) is 9.52 Å². The number of nitrogens with zero attached hydrogens (tertiary/aromatic N) is 4. The van der Waals surface area contributed by atoms with E-state index in [0.717, 1.165) is 37.9 Å². The number of likely N-dealkylation sites (tertiary alicyclic amines) is 1. The largest absolute Gasteiger partial charge is 0.490 e. The number of carbonyl (C=O) groups excluding carboxylic acids is 1. The molecule has 1 aromatic heterocycles. The zero-order valence-corrected chi connectivity index (χ0v) is 20.6. The molecule has 0 bridgehead atoms. The molecule has 1 amide bonds. The first-order valence-corrected chi connectivity index (χ1v) is 12.8. The lowest BCUT2D eigenvalue weighted by Gasteiger charge is -2.30. The maximum atomic E-state index is 12.1. The van der Waals surface area contributed by atoms with Crippen LogP contribution in [0.15, 0.2) is 40.9 Å². The lowest BCUT2D eigenvalue weighted by atomic mass is 10.0. The number of hydrogen-bond donors (Lipinski definition) is 1. The Kier molecular flexibility index (Phi) is 6.75. The van der Waals surface area contributed by atoms with E-state index in [2.05, 4.69) is 27.0 Å². The van der Waals surface area contributed by atoms with Crippen LogP contribution in [0, 0.1) is 11.3 Å². The maximum Gasteiger partial charge on any atom is 0.258 e. The minimum Gasteiger partial charge on any atom is -0.490 e. The second-order valence-corrected chi connectivity index (χ2v) is 9.83. The molecule has 3 aromatic rings. The number of benzene rings is 2. The summed E-state index contributed by atoms with van der Waals surface area (Å²) in [7, 11) is 0. The Morgan fingerprint density at radius 3 is 2.94 bits per heavy atom. The Morgan fingerprint density at radius 1 is 1.34 bits per heavy atom. The van der Waals surface area contributed by atoms with Gasteiger partial charge in [-0.25, -0.2) is 0 Å². The van der Waals surface area contributed by atoms with Gasteiger partial charge in [-0.1, -0.05) is 35.3 Å². The molecular weight excluding hydrogens is 462 g/mol. The molecule has 2 aliphatic rings. The number of nitriles is 1. The highest BCUT2D eigenvalue weighted by molar-refractivity contribution is 7.98. The molecule has 9 heteroatoms. The Balaban J connectivity index is 1.31. The van der Waals surface area contributed by atoms with Crippen LogP contribution in [-0.4, -0.2) is 45.9 Å². The zero-order valence-electron chi connectivity index (χ0n) is 19.8. The number of aromatic nitrogens is 2. The van der Waals surface area contributed by atoms with Gasteiger partial charge in [0.1, 0.15) is 11.8 Å². The summed E-state index contributed by atoms with van der Waals surface area (Å²) in [5.74, 6) is 2.07. The molecule has 2 aromatic carbocycles. The van der Waals surface area contributed by atoms with Gasteiger partial charge in [0, 0.05) is 30.3 Å². The quantitative estimate of drug-likeness (QED) is 0.461. The van der Waals surface area contributed by atoms with E-state index in [-0.39, 0.29) is 18.1 Å². The molecule has 1 aliphatic heterocycles. The van der Waals surface area contributed by atoms with Crippen LogP contribution in [0.3, 0.4) is 0 Å². The molecule has 35 heavy (non-hydrogen) atoms. The molecule has 8 nitrogen and oxygen atoms in total. The van der Waals surface area contributed by atoms with Crippen LogP contribution < -0.4 is 9.46 Å². The van der Waals surface area contributed by atoms with Gasteiger partial charge in [-0.05, 0) is 62.4 Å². The van der Waals surface area contributed by atoms with Crippen molar-refractivity contribution in [3.05, 3.63) is 53.1 Å². The molecule has 1 N–H and O–H groups in total. The van der Waals surface area contributed by atoms with Crippen molar-refractivity contribution in [3.63, 3.8) is 0 Å². The van der Waals surface area contributed by atoms with Gasteiger partial charge in [0.05, 0.1) is 17.4 Å². The van der Waals surface area contributed by atoms with E-state index >= 15 is 0 Å². The summed E-state index contributed by atoms with van der Waals surface area (Å²) in [6, 6.07) is 13.8. The molecule has 1 unspecified atom stereocenters. The maximum absolute atomic E-state index is 12.1. The van der Waals surface area contributed by atoms with Crippen LogP contribution in [0.25, 0.3) is 22.8 Å². The second kappa shape index (κ2) is 10.1. The normalized spacial score (nSPS) is 16.6. The predicted octanol–water partition coefficient (Wildman–Crippen LogP) is 4.52. The third kappa shape index (κ3) is 4.90. The molecule has 1 atom stereocenters. The van der Waals surface area contributed by atoms with Crippen LogP contribution >= 0.6 is 11.9 Å². The summed E-state index contributed by atoms with van der Waals surface area (Å²) in [6.45, 7) is 5.61. The average molecular weight is 490 g/mol. The third-order valence-electron chi connectivity index (χ3n) is 6.28. The van der Waals surface area contributed by atoms with Crippen molar-refractivity contribution in [1.82, 2.24) is 19.8 Å². The second-order valence-electron chi connectivity index (χ2n) is 9.02. The summed E-state index contributed by atoms with van der Waals surface area (Å²) < 4.78 is 14.7. The van der Waals surface area contributed by atoms with Gasteiger partial charge in [-0.2, -0.15) is 10.2 Å². The van der Waals surface area contributed by atoms with E-state index in [0.29, 0.717) is 34.3 Å². The summed E-state index contributed by atoms with van der Waals surface area (Å²) >= 11 is 1.48. The summed E-state index contributed by atoms with van der Waals surface area (Å²) in [4.78, 5) is 18.7. The molecule has 5 rings (SSSR count). The Morgan fingerprint density at radius 2 is 2.20 bits per heavy atom. The van der Waals surface area contributed by atoms with E-state index in [9.17, 15) is 10.1 Å². The zero-order chi connectivity index (χ0) is 24.4. The summed E-state index contributed by atoms with van der Waals surface area (Å²) in [5.41, 5.74) is 4.45. The molecular formula is C26H27N5O3S. The molecule has 1 aliphatic carbocycles. The third-order valence-corrected chi connectivity index (χ3v) is 7.12. The average Bonchev–Trinajstić information content (AvgIpc) is 3.45. The van der Waals surface area contributed by atoms with E-state index in [4.69, 9.17) is 9.26 Å². The number of amides is 1. The molecule has 0 radical (unpaired) electrons. The highest BCUT2D eigenvalue weighted by Gasteiger charge is 2.27. The van der Waals surface area contributed by atoms with Crippen molar-refractivity contribution in [2.75, 3.05) is 18.8 Å². The number of ether oxygens (including phenoxy) is 1. The number of hydrogen-bond acceptors (Lipinski definition) is 8. The van der Waals surface area contributed by atoms with Crippen LogP contribution in [0.5, 0.6) is 5.75 Å². The number of nitrogens with one attached hydrogen (secondary N) is 1. The lowest BCUT2D eigenvalue weighted by molar-refractivity contribution is -0.131. The summed E-state index contributed by atoms with van der Waals surface area (Å²) in [6.07, 6.45) is 2.93. The van der Waals surface area contributed by atoms with Crippen LogP contribution in [0.1, 0.15) is 49.4 Å². The summed E-state index contributed by atoms with van der Waals surface area (Å²) in [5, 5.41) is 13.8.